The first-order chi connectivity index (χ1) is 25.1. The molecule has 9 nitrogen and oxygen atoms in total. The van der Waals surface area contributed by atoms with Gasteiger partial charge in [-0.25, -0.2) is 9.37 Å². The third-order valence-corrected chi connectivity index (χ3v) is 12.5. The molecule has 5 fully saturated rings. The Labute approximate surface area is 311 Å². The number of pyridine rings is 1. The fourth-order valence-corrected chi connectivity index (χ4v) is 9.32. The normalized spacial score (nSPS) is 23.9. The molecule has 12 heteroatoms. The lowest BCUT2D eigenvalue weighted by Gasteiger charge is -2.39. The molecule has 2 aromatic carbocycles. The van der Waals surface area contributed by atoms with Crippen molar-refractivity contribution in [1.29, 1.82) is 5.26 Å². The average molecular weight is 741 g/mol. The maximum absolute atomic E-state index is 17.2. The highest BCUT2D eigenvalue weighted by Crippen LogP contribution is 2.51. The molecule has 3 aromatic heterocycles. The average Bonchev–Trinajstić information content (AvgIpc) is 3.59. The molecule has 2 bridgehead atoms. The molecule has 3 saturated heterocycles. The second kappa shape index (κ2) is 12.8. The van der Waals surface area contributed by atoms with Gasteiger partial charge in [-0.15, -0.1) is 0 Å². The van der Waals surface area contributed by atoms with Crippen LogP contribution in [-0.2, 0) is 11.2 Å². The fourth-order valence-electron chi connectivity index (χ4n) is 8.93. The van der Waals surface area contributed by atoms with Crippen LogP contribution in [0.25, 0.3) is 32.9 Å². The second-order valence-corrected chi connectivity index (χ2v) is 16.1. The number of aryl methyl sites for hydroxylation is 2. The van der Waals surface area contributed by atoms with Crippen molar-refractivity contribution >= 4 is 50.9 Å². The Morgan fingerprint density at radius 1 is 1.19 bits per heavy atom. The molecule has 0 spiro atoms. The molecule has 5 aromatic rings. The first kappa shape index (κ1) is 33.7. The maximum Gasteiger partial charge on any atom is 0.226 e. The van der Waals surface area contributed by atoms with Crippen molar-refractivity contribution < 1.29 is 13.9 Å². The largest absolute Gasteiger partial charge is 0.485 e. The van der Waals surface area contributed by atoms with Crippen LogP contribution < -0.4 is 10.1 Å². The van der Waals surface area contributed by atoms with E-state index in [9.17, 15) is 10.1 Å². The van der Waals surface area contributed by atoms with E-state index in [1.54, 1.807) is 24.4 Å². The summed E-state index contributed by atoms with van der Waals surface area (Å²) in [5, 5.41) is 20.0. The predicted octanol–water partition coefficient (Wildman–Crippen LogP) is 8.51. The van der Waals surface area contributed by atoms with Gasteiger partial charge in [0.25, 0.3) is 0 Å². The molecule has 1 N–H and O–H groups in total. The molecule has 5 aliphatic rings. The highest BCUT2D eigenvalue weighted by atomic mass is 35.5. The number of amides is 1. The zero-order valence-corrected chi connectivity index (χ0v) is 30.9. The smallest absolute Gasteiger partial charge is 0.226 e. The lowest BCUT2D eigenvalue weighted by atomic mass is 9.79. The van der Waals surface area contributed by atoms with E-state index < -0.39 is 5.82 Å². The summed E-state index contributed by atoms with van der Waals surface area (Å²) < 4.78 is 28.0. The molecular formula is C40H40Cl2FN7O2. The van der Waals surface area contributed by atoms with Gasteiger partial charge in [0.15, 0.2) is 11.6 Å². The molecule has 10 rings (SSSR count). The number of nitriles is 1. The number of aromatic nitrogens is 4. The number of carbonyl (C=O) groups is 1. The third kappa shape index (κ3) is 5.38. The number of ether oxygens (including phenoxy) is 1. The minimum atomic E-state index is -0.481. The molecule has 3 aliphatic heterocycles. The van der Waals surface area contributed by atoms with Crippen LogP contribution in [-0.4, -0.2) is 55.4 Å². The first-order valence-corrected chi connectivity index (χ1v) is 19.1. The summed E-state index contributed by atoms with van der Waals surface area (Å²) >= 11 is 13.1. The molecule has 2 saturated carbocycles. The third-order valence-electron chi connectivity index (χ3n) is 11.7. The number of hydrogen-bond donors (Lipinski definition) is 1. The number of hydrogen-bond acceptors (Lipinski definition) is 6. The minimum absolute atomic E-state index is 0.0436. The number of benzene rings is 2. The van der Waals surface area contributed by atoms with Gasteiger partial charge in [0.05, 0.1) is 52.7 Å². The number of fused-ring (bicyclic) bond motifs is 4. The highest BCUT2D eigenvalue weighted by molar-refractivity contribution is 6.43. The van der Waals surface area contributed by atoms with Crippen LogP contribution in [0.1, 0.15) is 81.0 Å². The van der Waals surface area contributed by atoms with E-state index in [1.165, 1.54) is 0 Å². The standard InChI is InChI=1S/C40H40Cl2FN7O2/c1-20(2)49-19-26(17-46-49)52-25-14-32(48(18-25)40(51)22-9-10-22)33-15-28-21(3)47-37-29(39(28)50(33)38-24-13-31(38)45-16-24)12-23(6-5-11-44)34(36(37)43)27-7-4-8-30(41)35(27)42/h4,7-8,12,15,17,19-20,22,24-25,31-32,38,45H,5-6,9-10,13-14,16,18H2,1-3H3/t24-,25+,31-,32-,38+/m1/s1. The van der Waals surface area contributed by atoms with Crippen LogP contribution in [0.4, 0.5) is 4.39 Å². The molecule has 0 unspecified atom stereocenters. The molecule has 1 amide bonds. The van der Waals surface area contributed by atoms with E-state index in [4.69, 9.17) is 32.9 Å². The first-order valence-electron chi connectivity index (χ1n) is 18.3. The van der Waals surface area contributed by atoms with Crippen molar-refractivity contribution in [2.75, 3.05) is 13.1 Å². The molecular weight excluding hydrogens is 700 g/mol. The van der Waals surface area contributed by atoms with E-state index in [2.05, 4.69) is 41.0 Å². The lowest BCUT2D eigenvalue weighted by Crippen LogP contribution is -2.41. The van der Waals surface area contributed by atoms with Crippen molar-refractivity contribution in [3.05, 3.63) is 75.5 Å². The molecule has 268 valence electrons. The van der Waals surface area contributed by atoms with E-state index in [0.717, 1.165) is 42.4 Å². The van der Waals surface area contributed by atoms with Crippen molar-refractivity contribution in [3.63, 3.8) is 0 Å². The Morgan fingerprint density at radius 3 is 2.71 bits per heavy atom. The number of halogens is 3. The Kier molecular flexibility index (Phi) is 8.25. The van der Waals surface area contributed by atoms with E-state index >= 15 is 4.39 Å². The Bertz CT molecular complexity index is 2290. The summed E-state index contributed by atoms with van der Waals surface area (Å²) in [7, 11) is 0. The number of carbonyl (C=O) groups excluding carboxylic acids is 1. The van der Waals surface area contributed by atoms with Gasteiger partial charge in [-0.3, -0.25) is 9.48 Å². The van der Waals surface area contributed by atoms with Crippen molar-refractivity contribution in [3.8, 4) is 22.9 Å². The topological polar surface area (TPSA) is 101 Å². The van der Waals surface area contributed by atoms with Crippen LogP contribution >= 0.6 is 23.2 Å². The van der Waals surface area contributed by atoms with Crippen LogP contribution in [0.15, 0.2) is 42.7 Å². The van der Waals surface area contributed by atoms with E-state index in [1.807, 2.05) is 28.8 Å². The Balaban J connectivity index is 1.24. The summed E-state index contributed by atoms with van der Waals surface area (Å²) in [6.07, 6.45) is 7.52. The summed E-state index contributed by atoms with van der Waals surface area (Å²) in [5.74, 6) is 0.848. The number of likely N-dealkylation sites (tertiary alicyclic amines) is 1. The van der Waals surface area contributed by atoms with Gasteiger partial charge in [0.2, 0.25) is 5.91 Å². The SMILES string of the molecule is Cc1nc2c(F)c(-c3cccc(Cl)c3Cl)c(CCC#N)cc2c2c1cc([C@H]1C[C@H](Oc3cnn(C(C)C)c3)CN1C(=O)C1CC1)n2[C@H]1[C@H]2CN[C@@H]1C2. The summed E-state index contributed by atoms with van der Waals surface area (Å²) in [4.78, 5) is 21.0. The van der Waals surface area contributed by atoms with Gasteiger partial charge in [-0.2, -0.15) is 10.4 Å². The number of nitrogens with zero attached hydrogens (tertiary/aromatic N) is 6. The molecule has 0 radical (unpaired) electrons. The monoisotopic (exact) mass is 739 g/mol. The summed E-state index contributed by atoms with van der Waals surface area (Å²) in [5.41, 5.74) is 4.39. The van der Waals surface area contributed by atoms with Gasteiger partial charge in [-0.05, 0) is 76.1 Å². The second-order valence-electron chi connectivity index (χ2n) is 15.3. The van der Waals surface area contributed by atoms with Crippen LogP contribution in [0, 0.1) is 35.9 Å². The minimum Gasteiger partial charge on any atom is -0.485 e. The summed E-state index contributed by atoms with van der Waals surface area (Å²) in [6, 6.07) is 12.0. The number of nitrogens with one attached hydrogen (secondary N) is 1. The van der Waals surface area contributed by atoms with Gasteiger partial charge in [0, 0.05) is 70.7 Å². The Morgan fingerprint density at radius 2 is 2.02 bits per heavy atom. The van der Waals surface area contributed by atoms with Crippen LogP contribution in [0.3, 0.4) is 0 Å². The van der Waals surface area contributed by atoms with Gasteiger partial charge < -0.3 is 19.5 Å². The highest BCUT2D eigenvalue weighted by Gasteiger charge is 2.51. The zero-order valence-electron chi connectivity index (χ0n) is 29.4. The van der Waals surface area contributed by atoms with Crippen LogP contribution in [0.5, 0.6) is 5.75 Å². The van der Waals surface area contributed by atoms with Gasteiger partial charge >= 0.3 is 0 Å². The molecule has 52 heavy (non-hydrogen) atoms. The lowest BCUT2D eigenvalue weighted by molar-refractivity contribution is -0.133. The predicted molar refractivity (Wildman–Crippen MR) is 199 cm³/mol. The fraction of sp³-hybridized carbons (Fsp3) is 0.450. The quantitative estimate of drug-likeness (QED) is 0.163. The molecule has 6 heterocycles. The van der Waals surface area contributed by atoms with Crippen molar-refractivity contribution in [2.45, 2.75) is 89.6 Å². The summed E-state index contributed by atoms with van der Waals surface area (Å²) in [6.45, 7) is 7.48. The van der Waals surface area contributed by atoms with E-state index in [-0.39, 0.29) is 59.1 Å². The van der Waals surface area contributed by atoms with Crippen molar-refractivity contribution in [2.24, 2.45) is 11.8 Å². The molecule has 5 atom stereocenters. The maximum atomic E-state index is 17.2. The van der Waals surface area contributed by atoms with Gasteiger partial charge in [0.1, 0.15) is 11.6 Å². The number of rotatable bonds is 9. The zero-order chi connectivity index (χ0) is 36.0. The van der Waals surface area contributed by atoms with Crippen molar-refractivity contribution in [1.82, 2.24) is 29.5 Å². The van der Waals surface area contributed by atoms with Crippen LogP contribution in [0.2, 0.25) is 10.0 Å². The van der Waals surface area contributed by atoms with E-state index in [0.29, 0.717) is 63.8 Å². The Hall–Kier alpha value is -4.17. The molecule has 2 aliphatic carbocycles. The van der Waals surface area contributed by atoms with Gasteiger partial charge in [-0.1, -0.05) is 35.3 Å².